The smallest absolute Gasteiger partial charge is 0.261 e. The third kappa shape index (κ3) is 1.76. The number of benzene rings is 1. The van der Waals surface area contributed by atoms with Gasteiger partial charge >= 0.3 is 0 Å². The molecule has 15 heavy (non-hydrogen) atoms. The third-order valence-corrected chi connectivity index (χ3v) is 2.33. The average Bonchev–Trinajstić information content (AvgIpc) is 2.17. The van der Waals surface area contributed by atoms with E-state index in [4.69, 9.17) is 11.6 Å². The van der Waals surface area contributed by atoms with E-state index in [0.29, 0.717) is 15.8 Å². The van der Waals surface area contributed by atoms with Crippen LogP contribution in [0, 0.1) is 17.0 Å². The molecule has 0 atom stereocenters. The summed E-state index contributed by atoms with van der Waals surface area (Å²) in [6.07, 6.45) is 1.59. The van der Waals surface area contributed by atoms with Crippen LogP contribution in [0.15, 0.2) is 24.4 Å². The summed E-state index contributed by atoms with van der Waals surface area (Å²) in [6, 6.07) is 4.70. The summed E-state index contributed by atoms with van der Waals surface area (Å²) in [5.74, 6) is 0. The maximum atomic E-state index is 10.8. The number of rotatable bonds is 1. The summed E-state index contributed by atoms with van der Waals surface area (Å²) < 4.78 is 0. The van der Waals surface area contributed by atoms with Gasteiger partial charge in [-0.3, -0.25) is 15.1 Å². The van der Waals surface area contributed by atoms with Gasteiger partial charge < -0.3 is 0 Å². The minimum Gasteiger partial charge on any atom is -0.261 e. The summed E-state index contributed by atoms with van der Waals surface area (Å²) >= 11 is 5.78. The van der Waals surface area contributed by atoms with Crippen molar-refractivity contribution in [3.63, 3.8) is 0 Å². The predicted octanol–water partition coefficient (Wildman–Crippen LogP) is 3.10. The molecule has 0 fully saturated rings. The maximum Gasteiger partial charge on any atom is 0.278 e. The summed E-state index contributed by atoms with van der Waals surface area (Å²) in [4.78, 5) is 14.4. The molecule has 0 spiro atoms. The molecule has 0 radical (unpaired) electrons. The molecule has 0 saturated carbocycles. The second-order valence-corrected chi connectivity index (χ2v) is 3.67. The highest BCUT2D eigenvalue weighted by Crippen LogP contribution is 2.29. The van der Waals surface area contributed by atoms with Crippen molar-refractivity contribution < 1.29 is 4.92 Å². The second-order valence-electron chi connectivity index (χ2n) is 3.23. The number of aryl methyl sites for hydroxylation is 1. The van der Waals surface area contributed by atoms with Gasteiger partial charge in [-0.15, -0.1) is 0 Å². The largest absolute Gasteiger partial charge is 0.278 e. The summed E-state index contributed by atoms with van der Waals surface area (Å²) in [7, 11) is 0. The first-order valence-corrected chi connectivity index (χ1v) is 4.66. The molecule has 4 nitrogen and oxygen atoms in total. The van der Waals surface area contributed by atoms with Crippen LogP contribution in [0.25, 0.3) is 10.8 Å². The van der Waals surface area contributed by atoms with E-state index in [9.17, 15) is 10.1 Å². The van der Waals surface area contributed by atoms with Crippen molar-refractivity contribution in [3.05, 3.63) is 45.2 Å². The van der Waals surface area contributed by atoms with E-state index in [1.807, 2.05) is 0 Å². The predicted molar refractivity (Wildman–Crippen MR) is 58.1 cm³/mol. The fraction of sp³-hybridized carbons (Fsp3) is 0.100. The molecule has 0 N–H and O–H groups in total. The van der Waals surface area contributed by atoms with Crippen LogP contribution >= 0.6 is 11.6 Å². The molecule has 1 aromatic carbocycles. The fourth-order valence-corrected chi connectivity index (χ4v) is 1.68. The number of hydrogen-bond donors (Lipinski definition) is 0. The molecule has 5 heteroatoms. The first kappa shape index (κ1) is 9.86. The van der Waals surface area contributed by atoms with Gasteiger partial charge in [-0.1, -0.05) is 11.6 Å². The summed E-state index contributed by atoms with van der Waals surface area (Å²) in [5.41, 5.74) is 0.760. The number of hydrogen-bond acceptors (Lipinski definition) is 3. The number of fused-ring (bicyclic) bond motifs is 1. The van der Waals surface area contributed by atoms with Crippen molar-refractivity contribution in [1.82, 2.24) is 4.98 Å². The summed E-state index contributed by atoms with van der Waals surface area (Å²) in [6.45, 7) is 1.79. The van der Waals surface area contributed by atoms with Crippen molar-refractivity contribution in [2.24, 2.45) is 0 Å². The van der Waals surface area contributed by atoms with Crippen molar-refractivity contribution in [2.45, 2.75) is 6.92 Å². The topological polar surface area (TPSA) is 56.0 Å². The Morgan fingerprint density at radius 2 is 2.13 bits per heavy atom. The molecule has 0 saturated heterocycles. The highest BCUT2D eigenvalue weighted by molar-refractivity contribution is 6.31. The molecule has 1 heterocycles. The van der Waals surface area contributed by atoms with Gasteiger partial charge in [0, 0.05) is 28.4 Å². The number of aromatic nitrogens is 1. The van der Waals surface area contributed by atoms with E-state index in [0.717, 1.165) is 5.69 Å². The van der Waals surface area contributed by atoms with Crippen LogP contribution < -0.4 is 0 Å². The van der Waals surface area contributed by atoms with Crippen molar-refractivity contribution in [3.8, 4) is 0 Å². The molecule has 0 aliphatic heterocycles. The van der Waals surface area contributed by atoms with Crippen molar-refractivity contribution in [2.75, 3.05) is 0 Å². The number of nitro benzene ring substituents is 1. The van der Waals surface area contributed by atoms with Gasteiger partial charge in [0.05, 0.1) is 10.3 Å². The Bertz CT molecular complexity index is 554. The molecule has 0 aliphatic carbocycles. The third-order valence-electron chi connectivity index (χ3n) is 2.11. The van der Waals surface area contributed by atoms with Crippen molar-refractivity contribution in [1.29, 1.82) is 0 Å². The lowest BCUT2D eigenvalue weighted by Gasteiger charge is -2.01. The zero-order chi connectivity index (χ0) is 11.0. The van der Waals surface area contributed by atoms with Crippen LogP contribution in [0.1, 0.15) is 5.69 Å². The zero-order valence-electron chi connectivity index (χ0n) is 7.90. The molecule has 0 bridgehead atoms. The highest BCUT2D eigenvalue weighted by Gasteiger charge is 2.13. The van der Waals surface area contributed by atoms with Gasteiger partial charge in [0.1, 0.15) is 0 Å². The maximum absolute atomic E-state index is 10.8. The fourth-order valence-electron chi connectivity index (χ4n) is 1.46. The van der Waals surface area contributed by atoms with E-state index in [2.05, 4.69) is 4.98 Å². The van der Waals surface area contributed by atoms with Crippen LogP contribution in [-0.2, 0) is 0 Å². The van der Waals surface area contributed by atoms with E-state index in [1.165, 1.54) is 6.07 Å². The van der Waals surface area contributed by atoms with Gasteiger partial charge in [-0.2, -0.15) is 0 Å². The number of halogens is 1. The van der Waals surface area contributed by atoms with Gasteiger partial charge in [0.25, 0.3) is 5.69 Å². The molecule has 0 aliphatic rings. The van der Waals surface area contributed by atoms with Crippen LogP contribution in [0.5, 0.6) is 0 Å². The number of nitro groups is 1. The molecule has 0 unspecified atom stereocenters. The van der Waals surface area contributed by atoms with Gasteiger partial charge in [-0.25, -0.2) is 0 Å². The highest BCUT2D eigenvalue weighted by atomic mass is 35.5. The minimum absolute atomic E-state index is 0.0167. The second kappa shape index (κ2) is 3.47. The first-order chi connectivity index (χ1) is 7.08. The lowest BCUT2D eigenvalue weighted by atomic mass is 10.1. The average molecular weight is 223 g/mol. The Hall–Kier alpha value is -1.68. The molecule has 2 aromatic rings. The van der Waals surface area contributed by atoms with E-state index in [1.54, 1.807) is 25.3 Å². The molecule has 0 amide bonds. The Labute approximate surface area is 90.7 Å². The SMILES string of the molecule is Cc1cc2c([N+](=O)[O-])cc(Cl)cc2cn1. The normalized spacial score (nSPS) is 10.5. The van der Waals surface area contributed by atoms with Crippen LogP contribution in [0.2, 0.25) is 5.02 Å². The van der Waals surface area contributed by atoms with Crippen LogP contribution in [0.4, 0.5) is 5.69 Å². The van der Waals surface area contributed by atoms with Gasteiger partial charge in [0.2, 0.25) is 0 Å². The number of non-ortho nitro benzene ring substituents is 1. The first-order valence-electron chi connectivity index (χ1n) is 4.28. The quantitative estimate of drug-likeness (QED) is 0.550. The molecule has 1 aromatic heterocycles. The summed E-state index contributed by atoms with van der Waals surface area (Å²) in [5, 5.41) is 12.4. The minimum atomic E-state index is -0.437. The lowest BCUT2D eigenvalue weighted by molar-refractivity contribution is -0.383. The van der Waals surface area contributed by atoms with Crippen LogP contribution in [-0.4, -0.2) is 9.91 Å². The Kier molecular flexibility index (Phi) is 2.28. The van der Waals surface area contributed by atoms with Gasteiger partial charge in [0.15, 0.2) is 0 Å². The van der Waals surface area contributed by atoms with Gasteiger partial charge in [-0.05, 0) is 19.1 Å². The molecular weight excluding hydrogens is 216 g/mol. The van der Waals surface area contributed by atoms with E-state index in [-0.39, 0.29) is 5.69 Å². The number of pyridine rings is 1. The monoisotopic (exact) mass is 222 g/mol. The standard InChI is InChI=1S/C10H7ClN2O2/c1-6-2-9-7(5-12-6)3-8(11)4-10(9)13(14)15/h2-5H,1H3. The number of nitrogens with zero attached hydrogens (tertiary/aromatic N) is 2. The van der Waals surface area contributed by atoms with Crippen molar-refractivity contribution >= 4 is 28.1 Å². The van der Waals surface area contributed by atoms with E-state index < -0.39 is 4.92 Å². The molecular formula is C10H7ClN2O2. The molecule has 76 valence electrons. The lowest BCUT2D eigenvalue weighted by Crippen LogP contribution is -1.91. The Morgan fingerprint density at radius 3 is 2.80 bits per heavy atom. The molecule has 2 rings (SSSR count). The zero-order valence-corrected chi connectivity index (χ0v) is 8.65. The Morgan fingerprint density at radius 1 is 1.40 bits per heavy atom. The van der Waals surface area contributed by atoms with Crippen LogP contribution in [0.3, 0.4) is 0 Å². The Balaban J connectivity index is 2.87. The van der Waals surface area contributed by atoms with E-state index >= 15 is 0 Å².